The molecule has 2 rings (SSSR count). The van der Waals surface area contributed by atoms with Gasteiger partial charge in [0.15, 0.2) is 0 Å². The van der Waals surface area contributed by atoms with Crippen LogP contribution in [-0.4, -0.2) is 11.3 Å². The van der Waals surface area contributed by atoms with Crippen LogP contribution in [0.25, 0.3) is 10.9 Å². The largest absolute Gasteiger partial charge is 0.303 e. The van der Waals surface area contributed by atoms with Crippen molar-refractivity contribution >= 4 is 28.8 Å². The van der Waals surface area contributed by atoms with Gasteiger partial charge in [-0.3, -0.25) is 0 Å². The molecule has 0 N–H and O–H groups in total. The van der Waals surface area contributed by atoms with Crippen molar-refractivity contribution in [2.75, 3.05) is 0 Å². The Hall–Kier alpha value is -1.41. The van der Waals surface area contributed by atoms with Gasteiger partial charge in [-0.2, -0.15) is 0 Å². The quantitative estimate of drug-likeness (QED) is 0.587. The van der Waals surface area contributed by atoms with E-state index in [1.54, 1.807) is 6.07 Å². The van der Waals surface area contributed by atoms with Crippen LogP contribution < -0.4 is 0 Å². The van der Waals surface area contributed by atoms with Crippen LogP contribution in [-0.2, 0) is 11.2 Å². The lowest BCUT2D eigenvalue weighted by Gasteiger charge is -2.01. The van der Waals surface area contributed by atoms with Gasteiger partial charge in [-0.15, -0.1) is 0 Å². The van der Waals surface area contributed by atoms with Gasteiger partial charge < -0.3 is 4.79 Å². The first-order valence-corrected chi connectivity index (χ1v) is 5.16. The summed E-state index contributed by atoms with van der Waals surface area (Å²) in [6, 6.07) is 9.67. The Bertz CT molecular complexity index is 496. The molecule has 1 heterocycles. The number of aromatic nitrogens is 1. The zero-order valence-corrected chi connectivity index (χ0v) is 8.87. The van der Waals surface area contributed by atoms with Crippen LogP contribution in [0.5, 0.6) is 0 Å². The number of hydrogen-bond acceptors (Lipinski definition) is 2. The molecule has 0 unspecified atom stereocenters. The second-order valence-electron chi connectivity index (χ2n) is 3.37. The van der Waals surface area contributed by atoms with Crippen LogP contribution in [0, 0.1) is 0 Å². The van der Waals surface area contributed by atoms with E-state index in [2.05, 4.69) is 4.98 Å². The first kappa shape index (κ1) is 10.1. The molecule has 15 heavy (non-hydrogen) atoms. The third-order valence-corrected chi connectivity index (χ3v) is 2.48. The van der Waals surface area contributed by atoms with E-state index in [1.807, 2.05) is 24.3 Å². The van der Waals surface area contributed by atoms with Crippen molar-refractivity contribution < 1.29 is 4.79 Å². The predicted molar refractivity (Wildman–Crippen MR) is 61.1 cm³/mol. The molecule has 76 valence electrons. The van der Waals surface area contributed by atoms with E-state index >= 15 is 0 Å². The van der Waals surface area contributed by atoms with Crippen molar-refractivity contribution in [3.05, 3.63) is 41.0 Å². The first-order valence-electron chi connectivity index (χ1n) is 4.78. The van der Waals surface area contributed by atoms with E-state index in [1.165, 1.54) is 0 Å². The van der Waals surface area contributed by atoms with Crippen LogP contribution >= 0.6 is 11.6 Å². The predicted octanol–water partition coefficient (Wildman–Crippen LogP) is 3.02. The summed E-state index contributed by atoms with van der Waals surface area (Å²) in [5, 5.41) is 1.56. The van der Waals surface area contributed by atoms with Gasteiger partial charge in [0, 0.05) is 11.8 Å². The molecule has 1 aromatic carbocycles. The SMILES string of the molecule is O=CCCc1ccc2nc(Cl)ccc2c1. The summed E-state index contributed by atoms with van der Waals surface area (Å²) in [4.78, 5) is 14.4. The maximum absolute atomic E-state index is 10.3. The average molecular weight is 220 g/mol. The van der Waals surface area contributed by atoms with Crippen LogP contribution in [0.15, 0.2) is 30.3 Å². The third-order valence-electron chi connectivity index (χ3n) is 2.27. The fraction of sp³-hybridized carbons (Fsp3) is 0.167. The maximum Gasteiger partial charge on any atom is 0.129 e. The van der Waals surface area contributed by atoms with Crippen molar-refractivity contribution in [2.24, 2.45) is 0 Å². The molecule has 0 fully saturated rings. The Labute approximate surface area is 92.9 Å². The van der Waals surface area contributed by atoms with Gasteiger partial charge >= 0.3 is 0 Å². The highest BCUT2D eigenvalue weighted by atomic mass is 35.5. The molecule has 0 aliphatic heterocycles. The summed E-state index contributed by atoms with van der Waals surface area (Å²) in [5.74, 6) is 0. The second-order valence-corrected chi connectivity index (χ2v) is 3.75. The molecular weight excluding hydrogens is 210 g/mol. The summed E-state index contributed by atoms with van der Waals surface area (Å²) in [7, 11) is 0. The fourth-order valence-electron chi connectivity index (χ4n) is 1.53. The van der Waals surface area contributed by atoms with Crippen molar-refractivity contribution in [3.8, 4) is 0 Å². The molecule has 2 nitrogen and oxygen atoms in total. The molecule has 0 amide bonds. The number of nitrogens with zero attached hydrogens (tertiary/aromatic N) is 1. The maximum atomic E-state index is 10.3. The van der Waals surface area contributed by atoms with Gasteiger partial charge in [0.1, 0.15) is 11.4 Å². The van der Waals surface area contributed by atoms with E-state index in [-0.39, 0.29) is 0 Å². The van der Waals surface area contributed by atoms with E-state index in [0.717, 1.165) is 29.2 Å². The fourth-order valence-corrected chi connectivity index (χ4v) is 1.69. The highest BCUT2D eigenvalue weighted by Gasteiger charge is 1.98. The summed E-state index contributed by atoms with van der Waals surface area (Å²) < 4.78 is 0. The summed E-state index contributed by atoms with van der Waals surface area (Å²) in [6.45, 7) is 0. The zero-order valence-electron chi connectivity index (χ0n) is 8.11. The van der Waals surface area contributed by atoms with Gasteiger partial charge in [-0.05, 0) is 36.2 Å². The lowest BCUT2D eigenvalue weighted by atomic mass is 10.1. The minimum absolute atomic E-state index is 0.503. The third kappa shape index (κ3) is 2.34. The number of carbonyl (C=O) groups is 1. The lowest BCUT2D eigenvalue weighted by molar-refractivity contribution is -0.107. The van der Waals surface area contributed by atoms with Crippen molar-refractivity contribution in [2.45, 2.75) is 12.8 Å². The Kier molecular flexibility index (Phi) is 2.97. The molecule has 0 spiro atoms. The summed E-state index contributed by atoms with van der Waals surface area (Å²) >= 11 is 5.78. The molecule has 0 radical (unpaired) electrons. The summed E-state index contributed by atoms with van der Waals surface area (Å²) in [5.41, 5.74) is 2.04. The number of benzene rings is 1. The number of aryl methyl sites for hydroxylation is 1. The van der Waals surface area contributed by atoms with Crippen LogP contribution in [0.4, 0.5) is 0 Å². The number of pyridine rings is 1. The zero-order chi connectivity index (χ0) is 10.7. The van der Waals surface area contributed by atoms with E-state index in [0.29, 0.717) is 11.6 Å². The number of aldehydes is 1. The summed E-state index contributed by atoms with van der Waals surface area (Å²) in [6.07, 6.45) is 2.28. The van der Waals surface area contributed by atoms with Crippen molar-refractivity contribution in [3.63, 3.8) is 0 Å². The topological polar surface area (TPSA) is 30.0 Å². The highest BCUT2D eigenvalue weighted by Crippen LogP contribution is 2.17. The Morgan fingerprint density at radius 1 is 1.27 bits per heavy atom. The number of fused-ring (bicyclic) bond motifs is 1. The minimum Gasteiger partial charge on any atom is -0.303 e. The van der Waals surface area contributed by atoms with Gasteiger partial charge in [0.05, 0.1) is 5.52 Å². The van der Waals surface area contributed by atoms with E-state index < -0.39 is 0 Å². The van der Waals surface area contributed by atoms with Gasteiger partial charge in [-0.1, -0.05) is 17.7 Å². The van der Waals surface area contributed by atoms with Crippen LogP contribution in [0.1, 0.15) is 12.0 Å². The van der Waals surface area contributed by atoms with E-state index in [9.17, 15) is 4.79 Å². The van der Waals surface area contributed by atoms with Gasteiger partial charge in [-0.25, -0.2) is 4.98 Å². The molecule has 0 aliphatic carbocycles. The van der Waals surface area contributed by atoms with Crippen molar-refractivity contribution in [1.29, 1.82) is 0 Å². The normalized spacial score (nSPS) is 10.5. The van der Waals surface area contributed by atoms with Crippen LogP contribution in [0.3, 0.4) is 0 Å². The minimum atomic E-state index is 0.503. The Balaban J connectivity index is 2.38. The standard InChI is InChI=1S/C12H10ClNO/c13-12-6-4-10-8-9(2-1-7-15)3-5-11(10)14-12/h3-8H,1-2H2. The molecule has 0 atom stereocenters. The number of carbonyl (C=O) groups excluding carboxylic acids is 1. The van der Waals surface area contributed by atoms with Gasteiger partial charge in [0.2, 0.25) is 0 Å². The Morgan fingerprint density at radius 2 is 2.13 bits per heavy atom. The number of rotatable bonds is 3. The molecule has 0 aliphatic rings. The van der Waals surface area contributed by atoms with E-state index in [4.69, 9.17) is 11.6 Å². The molecule has 1 aromatic heterocycles. The lowest BCUT2D eigenvalue weighted by Crippen LogP contribution is -1.87. The molecule has 0 saturated carbocycles. The van der Waals surface area contributed by atoms with Gasteiger partial charge in [0.25, 0.3) is 0 Å². The Morgan fingerprint density at radius 3 is 2.93 bits per heavy atom. The highest BCUT2D eigenvalue weighted by molar-refractivity contribution is 6.29. The van der Waals surface area contributed by atoms with Crippen LogP contribution in [0.2, 0.25) is 5.15 Å². The molecular formula is C12H10ClNO. The molecule has 2 aromatic rings. The molecule has 0 bridgehead atoms. The number of halogens is 1. The first-order chi connectivity index (χ1) is 7.29. The molecule has 3 heteroatoms. The number of hydrogen-bond donors (Lipinski definition) is 0. The second kappa shape index (κ2) is 4.41. The average Bonchev–Trinajstić information content (AvgIpc) is 2.26. The monoisotopic (exact) mass is 219 g/mol. The van der Waals surface area contributed by atoms with Crippen molar-refractivity contribution in [1.82, 2.24) is 4.98 Å². The smallest absolute Gasteiger partial charge is 0.129 e. The molecule has 0 saturated heterocycles.